The predicted molar refractivity (Wildman–Crippen MR) is 72.8 cm³/mol. The van der Waals surface area contributed by atoms with Gasteiger partial charge in [0.25, 0.3) is 10.0 Å². The molecule has 0 fully saturated rings. The second-order valence-corrected chi connectivity index (χ2v) is 6.01. The SMILES string of the molecule is COc1cncc(CNS(=O)(=O)c2cn(C)c(C)n2)c1. The molecule has 0 aliphatic heterocycles. The fraction of sp³-hybridized carbons (Fsp3) is 0.333. The summed E-state index contributed by atoms with van der Waals surface area (Å²) in [7, 11) is -0.357. The van der Waals surface area contributed by atoms with Crippen molar-refractivity contribution in [1.82, 2.24) is 19.3 Å². The Kier molecular flexibility index (Phi) is 4.05. The minimum absolute atomic E-state index is 0.00774. The number of sulfonamides is 1. The van der Waals surface area contributed by atoms with Gasteiger partial charge in [-0.1, -0.05) is 0 Å². The van der Waals surface area contributed by atoms with Crippen LogP contribution in [-0.2, 0) is 23.6 Å². The average Bonchev–Trinajstić information content (AvgIpc) is 2.78. The molecule has 0 aliphatic carbocycles. The molecule has 7 nitrogen and oxygen atoms in total. The molecule has 0 atom stereocenters. The Morgan fingerprint density at radius 3 is 2.75 bits per heavy atom. The Morgan fingerprint density at radius 1 is 1.40 bits per heavy atom. The number of nitrogens with one attached hydrogen (secondary N) is 1. The zero-order chi connectivity index (χ0) is 14.8. The van der Waals surface area contributed by atoms with E-state index in [1.807, 2.05) is 0 Å². The number of hydrogen-bond acceptors (Lipinski definition) is 5. The molecule has 2 rings (SSSR count). The summed E-state index contributed by atoms with van der Waals surface area (Å²) < 4.78 is 33.3. The van der Waals surface area contributed by atoms with Gasteiger partial charge in [0.2, 0.25) is 0 Å². The van der Waals surface area contributed by atoms with Gasteiger partial charge in [-0.25, -0.2) is 18.1 Å². The quantitative estimate of drug-likeness (QED) is 0.873. The lowest BCUT2D eigenvalue weighted by molar-refractivity contribution is 0.412. The zero-order valence-electron chi connectivity index (χ0n) is 11.5. The first kappa shape index (κ1) is 14.5. The lowest BCUT2D eigenvalue weighted by Crippen LogP contribution is -2.23. The maximum atomic E-state index is 12.1. The van der Waals surface area contributed by atoms with Crippen LogP contribution in [0, 0.1) is 6.92 Å². The van der Waals surface area contributed by atoms with E-state index in [0.717, 1.165) is 0 Å². The molecule has 0 radical (unpaired) electrons. The van der Waals surface area contributed by atoms with Gasteiger partial charge in [0, 0.05) is 26.0 Å². The Hall–Kier alpha value is -1.93. The standard InChI is InChI=1S/C12H16N4O3S/c1-9-15-12(8-16(9)2)20(17,18)14-6-10-4-11(19-3)7-13-5-10/h4-5,7-8,14H,6H2,1-3H3. The van der Waals surface area contributed by atoms with Gasteiger partial charge in [-0.05, 0) is 18.6 Å². The van der Waals surface area contributed by atoms with Crippen molar-refractivity contribution in [3.63, 3.8) is 0 Å². The van der Waals surface area contributed by atoms with Crippen molar-refractivity contribution in [2.45, 2.75) is 18.5 Å². The number of imidazole rings is 1. The van der Waals surface area contributed by atoms with Gasteiger partial charge >= 0.3 is 0 Å². The molecule has 2 aromatic rings. The van der Waals surface area contributed by atoms with Gasteiger partial charge < -0.3 is 9.30 Å². The molecule has 0 saturated carbocycles. The summed E-state index contributed by atoms with van der Waals surface area (Å²) in [6.07, 6.45) is 4.61. The second-order valence-electron chi connectivity index (χ2n) is 4.29. The molecular weight excluding hydrogens is 280 g/mol. The van der Waals surface area contributed by atoms with Gasteiger partial charge in [-0.15, -0.1) is 0 Å². The van der Waals surface area contributed by atoms with Crippen LogP contribution in [0.5, 0.6) is 5.75 Å². The average molecular weight is 296 g/mol. The first-order valence-electron chi connectivity index (χ1n) is 5.90. The van der Waals surface area contributed by atoms with E-state index < -0.39 is 10.0 Å². The van der Waals surface area contributed by atoms with Crippen LogP contribution in [0.3, 0.4) is 0 Å². The number of ether oxygens (including phenoxy) is 1. The number of pyridine rings is 1. The van der Waals surface area contributed by atoms with E-state index in [1.165, 1.54) is 13.3 Å². The third kappa shape index (κ3) is 3.14. The van der Waals surface area contributed by atoms with Gasteiger partial charge in [0.15, 0.2) is 5.03 Å². The van der Waals surface area contributed by atoms with Crippen molar-refractivity contribution in [3.05, 3.63) is 36.0 Å². The van der Waals surface area contributed by atoms with E-state index in [0.29, 0.717) is 17.1 Å². The van der Waals surface area contributed by atoms with Crippen LogP contribution >= 0.6 is 0 Å². The largest absolute Gasteiger partial charge is 0.495 e. The van der Waals surface area contributed by atoms with E-state index in [9.17, 15) is 8.42 Å². The lowest BCUT2D eigenvalue weighted by atomic mass is 10.3. The van der Waals surface area contributed by atoms with E-state index in [-0.39, 0.29) is 11.6 Å². The zero-order valence-corrected chi connectivity index (χ0v) is 12.3. The van der Waals surface area contributed by atoms with Crippen molar-refractivity contribution in [2.24, 2.45) is 7.05 Å². The Morgan fingerprint density at radius 2 is 2.15 bits per heavy atom. The van der Waals surface area contributed by atoms with Crippen molar-refractivity contribution < 1.29 is 13.2 Å². The van der Waals surface area contributed by atoms with Crippen molar-refractivity contribution in [1.29, 1.82) is 0 Å². The van der Waals surface area contributed by atoms with Crippen LogP contribution in [0.1, 0.15) is 11.4 Å². The number of nitrogens with zero attached hydrogens (tertiary/aromatic N) is 3. The summed E-state index contributed by atoms with van der Waals surface area (Å²) in [5.74, 6) is 1.21. The molecule has 1 N–H and O–H groups in total. The summed E-state index contributed by atoms with van der Waals surface area (Å²) >= 11 is 0. The highest BCUT2D eigenvalue weighted by Gasteiger charge is 2.18. The summed E-state index contributed by atoms with van der Waals surface area (Å²) in [4.78, 5) is 7.97. The van der Waals surface area contributed by atoms with E-state index in [2.05, 4.69) is 14.7 Å². The first-order chi connectivity index (χ1) is 9.42. The monoisotopic (exact) mass is 296 g/mol. The van der Waals surface area contributed by atoms with E-state index in [4.69, 9.17) is 4.74 Å². The molecule has 0 bridgehead atoms. The number of hydrogen-bond donors (Lipinski definition) is 1. The van der Waals surface area contributed by atoms with Crippen molar-refractivity contribution in [2.75, 3.05) is 7.11 Å². The molecule has 0 unspecified atom stereocenters. The minimum Gasteiger partial charge on any atom is -0.495 e. The lowest BCUT2D eigenvalue weighted by Gasteiger charge is -2.05. The van der Waals surface area contributed by atoms with Crippen LogP contribution < -0.4 is 9.46 Å². The second kappa shape index (κ2) is 5.59. The summed E-state index contributed by atoms with van der Waals surface area (Å²) in [6, 6.07) is 1.72. The highest BCUT2D eigenvalue weighted by Crippen LogP contribution is 2.12. The maximum absolute atomic E-state index is 12.1. The molecular formula is C12H16N4O3S. The predicted octanol–water partition coefficient (Wildman–Crippen LogP) is 0.611. The summed E-state index contributed by atoms with van der Waals surface area (Å²) in [5.41, 5.74) is 0.709. The van der Waals surface area contributed by atoms with Crippen LogP contribution in [0.15, 0.2) is 29.7 Å². The third-order valence-corrected chi connectivity index (χ3v) is 4.11. The number of aromatic nitrogens is 3. The molecule has 20 heavy (non-hydrogen) atoms. The molecule has 0 saturated heterocycles. The third-order valence-electron chi connectivity index (χ3n) is 2.83. The van der Waals surface area contributed by atoms with Gasteiger partial charge in [0.1, 0.15) is 11.6 Å². The molecule has 0 amide bonds. The van der Waals surface area contributed by atoms with Crippen molar-refractivity contribution in [3.8, 4) is 5.75 Å². The molecule has 2 heterocycles. The molecule has 8 heteroatoms. The molecule has 2 aromatic heterocycles. The highest BCUT2D eigenvalue weighted by atomic mass is 32.2. The maximum Gasteiger partial charge on any atom is 0.259 e. The fourth-order valence-electron chi connectivity index (χ4n) is 1.58. The summed E-state index contributed by atoms with van der Waals surface area (Å²) in [5, 5.41) is 0.00774. The van der Waals surface area contributed by atoms with Crippen LogP contribution in [0.25, 0.3) is 0 Å². The first-order valence-corrected chi connectivity index (χ1v) is 7.38. The summed E-state index contributed by atoms with van der Waals surface area (Å²) in [6.45, 7) is 1.87. The van der Waals surface area contributed by atoms with Crippen molar-refractivity contribution >= 4 is 10.0 Å². The molecule has 108 valence electrons. The van der Waals surface area contributed by atoms with E-state index >= 15 is 0 Å². The normalized spacial score (nSPS) is 11.6. The van der Waals surface area contributed by atoms with E-state index in [1.54, 1.807) is 37.0 Å². The molecule has 0 aromatic carbocycles. The van der Waals surface area contributed by atoms with Crippen LogP contribution in [-0.4, -0.2) is 30.1 Å². The Balaban J connectivity index is 2.12. The Labute approximate surface area is 117 Å². The molecule has 0 aliphatic rings. The Bertz CT molecular complexity index is 690. The van der Waals surface area contributed by atoms with Gasteiger partial charge in [-0.2, -0.15) is 0 Å². The fourth-order valence-corrected chi connectivity index (χ4v) is 2.63. The van der Waals surface area contributed by atoms with Crippen LogP contribution in [0.4, 0.5) is 0 Å². The topological polar surface area (TPSA) is 86.1 Å². The number of methoxy groups -OCH3 is 1. The highest BCUT2D eigenvalue weighted by molar-refractivity contribution is 7.89. The molecule has 0 spiro atoms. The van der Waals surface area contributed by atoms with Gasteiger partial charge in [-0.3, -0.25) is 4.98 Å². The number of rotatable bonds is 5. The van der Waals surface area contributed by atoms with Crippen LogP contribution in [0.2, 0.25) is 0 Å². The number of aryl methyl sites for hydroxylation is 2. The van der Waals surface area contributed by atoms with Gasteiger partial charge in [0.05, 0.1) is 13.3 Å². The minimum atomic E-state index is -3.63. The smallest absolute Gasteiger partial charge is 0.259 e.